The number of halogens is 2. The van der Waals surface area contributed by atoms with Crippen molar-refractivity contribution in [3.05, 3.63) is 28.2 Å². The number of alkyl halides is 1. The molecule has 60 valence electrons. The molecule has 0 fully saturated rings. The van der Waals surface area contributed by atoms with E-state index in [2.05, 4.69) is 38.5 Å². The quantitative estimate of drug-likeness (QED) is 0.654. The molecule has 0 aliphatic heterocycles. The van der Waals surface area contributed by atoms with Crippen LogP contribution in [0.1, 0.15) is 5.56 Å². The number of aromatic hydroxyl groups is 1. The van der Waals surface area contributed by atoms with Gasteiger partial charge in [0.2, 0.25) is 0 Å². The highest BCUT2D eigenvalue weighted by Crippen LogP contribution is 2.22. The summed E-state index contributed by atoms with van der Waals surface area (Å²) in [6.07, 6.45) is 1.04. The smallest absolute Gasteiger partial charge is 0.116 e. The third-order valence-electron chi connectivity index (χ3n) is 1.40. The van der Waals surface area contributed by atoms with E-state index in [-0.39, 0.29) is 0 Å². The first kappa shape index (κ1) is 9.32. The van der Waals surface area contributed by atoms with Gasteiger partial charge in [0.25, 0.3) is 0 Å². The summed E-state index contributed by atoms with van der Waals surface area (Å²) in [5.41, 5.74) is 1.25. The number of phenolic OH excluding ortho intramolecular Hbond substituents is 1. The number of aryl methyl sites for hydroxylation is 1. The van der Waals surface area contributed by atoms with E-state index in [9.17, 15) is 0 Å². The number of hydrogen-bond acceptors (Lipinski definition) is 1. The van der Waals surface area contributed by atoms with Crippen LogP contribution in [0.4, 0.5) is 0 Å². The number of hydrogen-bond donors (Lipinski definition) is 1. The van der Waals surface area contributed by atoms with Gasteiger partial charge in [-0.25, -0.2) is 0 Å². The molecule has 0 saturated heterocycles. The van der Waals surface area contributed by atoms with Gasteiger partial charge in [-0.3, -0.25) is 0 Å². The number of phenols is 1. The van der Waals surface area contributed by atoms with Crippen molar-refractivity contribution in [2.45, 2.75) is 6.42 Å². The monoisotopic (exact) mass is 326 g/mol. The van der Waals surface area contributed by atoms with E-state index >= 15 is 0 Å². The van der Waals surface area contributed by atoms with Crippen LogP contribution in [0.15, 0.2) is 22.7 Å². The van der Waals surface area contributed by atoms with Crippen molar-refractivity contribution in [2.75, 3.05) is 4.43 Å². The molecule has 11 heavy (non-hydrogen) atoms. The zero-order valence-electron chi connectivity index (χ0n) is 5.85. The molecular formula is C8H8BrIO. The van der Waals surface area contributed by atoms with E-state index in [1.165, 1.54) is 5.56 Å². The molecule has 0 bridgehead atoms. The molecule has 1 aromatic rings. The van der Waals surface area contributed by atoms with Crippen LogP contribution in [0, 0.1) is 0 Å². The molecule has 0 radical (unpaired) electrons. The Bertz CT molecular complexity index is 250. The molecule has 1 aromatic carbocycles. The van der Waals surface area contributed by atoms with Crippen molar-refractivity contribution in [1.82, 2.24) is 0 Å². The lowest BCUT2D eigenvalue weighted by molar-refractivity contribution is 0.474. The molecule has 3 heteroatoms. The zero-order valence-corrected chi connectivity index (χ0v) is 9.59. The van der Waals surface area contributed by atoms with Gasteiger partial charge in [0.1, 0.15) is 5.75 Å². The van der Waals surface area contributed by atoms with Gasteiger partial charge < -0.3 is 5.11 Å². The fraction of sp³-hybridized carbons (Fsp3) is 0.250. The van der Waals surface area contributed by atoms with Crippen LogP contribution < -0.4 is 0 Å². The minimum atomic E-state index is 0.314. The molecular weight excluding hydrogens is 319 g/mol. The molecule has 0 aliphatic rings. The highest BCUT2D eigenvalue weighted by atomic mass is 127. The first-order valence-corrected chi connectivity index (χ1v) is 5.59. The van der Waals surface area contributed by atoms with E-state index in [0.717, 1.165) is 15.3 Å². The molecule has 0 saturated carbocycles. The second-order valence-corrected chi connectivity index (χ2v) is 4.15. The molecule has 0 aliphatic carbocycles. The molecule has 0 amide bonds. The van der Waals surface area contributed by atoms with Crippen molar-refractivity contribution in [1.29, 1.82) is 0 Å². The lowest BCUT2D eigenvalue weighted by Crippen LogP contribution is -1.86. The van der Waals surface area contributed by atoms with Crippen molar-refractivity contribution in [3.63, 3.8) is 0 Å². The van der Waals surface area contributed by atoms with E-state index in [1.807, 2.05) is 6.07 Å². The van der Waals surface area contributed by atoms with Gasteiger partial charge in [-0.2, -0.15) is 0 Å². The van der Waals surface area contributed by atoms with Crippen molar-refractivity contribution >= 4 is 38.5 Å². The summed E-state index contributed by atoms with van der Waals surface area (Å²) < 4.78 is 2.09. The van der Waals surface area contributed by atoms with Crippen LogP contribution in [0.3, 0.4) is 0 Å². The molecule has 0 atom stereocenters. The maximum Gasteiger partial charge on any atom is 0.116 e. The minimum absolute atomic E-state index is 0.314. The van der Waals surface area contributed by atoms with Crippen molar-refractivity contribution in [3.8, 4) is 5.75 Å². The second-order valence-electron chi connectivity index (χ2n) is 2.21. The fourth-order valence-corrected chi connectivity index (χ4v) is 1.99. The van der Waals surface area contributed by atoms with Gasteiger partial charge in [-0.1, -0.05) is 44.6 Å². The number of rotatable bonds is 2. The average Bonchev–Trinajstić information content (AvgIpc) is 1.95. The number of benzene rings is 1. The van der Waals surface area contributed by atoms with Crippen LogP contribution in [0.5, 0.6) is 5.75 Å². The van der Waals surface area contributed by atoms with E-state index in [4.69, 9.17) is 5.11 Å². The Kier molecular flexibility index (Phi) is 3.65. The van der Waals surface area contributed by atoms with E-state index in [1.54, 1.807) is 12.1 Å². The minimum Gasteiger partial charge on any atom is -0.508 e. The second kappa shape index (κ2) is 4.30. The van der Waals surface area contributed by atoms with Crippen molar-refractivity contribution in [2.24, 2.45) is 0 Å². The van der Waals surface area contributed by atoms with Gasteiger partial charge in [0.05, 0.1) is 0 Å². The lowest BCUT2D eigenvalue weighted by atomic mass is 10.2. The average molecular weight is 327 g/mol. The normalized spacial score (nSPS) is 10.0. The summed E-state index contributed by atoms with van der Waals surface area (Å²) in [6, 6.07) is 5.38. The third kappa shape index (κ3) is 2.63. The summed E-state index contributed by atoms with van der Waals surface area (Å²) >= 11 is 5.72. The van der Waals surface area contributed by atoms with Gasteiger partial charge in [-0.15, -0.1) is 0 Å². The Balaban J connectivity index is 2.90. The molecule has 1 rings (SSSR count). The summed E-state index contributed by atoms with van der Waals surface area (Å²) in [4.78, 5) is 0. The Morgan fingerprint density at radius 3 is 2.73 bits per heavy atom. The summed E-state index contributed by atoms with van der Waals surface area (Å²) in [6.45, 7) is 0. The van der Waals surface area contributed by atoms with Crippen molar-refractivity contribution < 1.29 is 5.11 Å². The Morgan fingerprint density at radius 1 is 1.45 bits per heavy atom. The molecule has 1 N–H and O–H groups in total. The summed E-state index contributed by atoms with van der Waals surface area (Å²) in [5.74, 6) is 0.314. The van der Waals surface area contributed by atoms with Gasteiger partial charge >= 0.3 is 0 Å². The Hall–Kier alpha value is 0.230. The van der Waals surface area contributed by atoms with Crippen LogP contribution >= 0.6 is 38.5 Å². The lowest BCUT2D eigenvalue weighted by Gasteiger charge is -2.01. The fourth-order valence-electron chi connectivity index (χ4n) is 0.841. The van der Waals surface area contributed by atoms with Gasteiger partial charge in [-0.05, 0) is 24.1 Å². The summed E-state index contributed by atoms with van der Waals surface area (Å²) in [5, 5.41) is 9.07. The highest BCUT2D eigenvalue weighted by molar-refractivity contribution is 14.1. The SMILES string of the molecule is Oc1ccc(CCI)c(Br)c1. The summed E-state index contributed by atoms with van der Waals surface area (Å²) in [7, 11) is 0. The van der Waals surface area contributed by atoms with Crippen LogP contribution in [-0.4, -0.2) is 9.53 Å². The van der Waals surface area contributed by atoms with Crippen LogP contribution in [-0.2, 0) is 6.42 Å². The molecule has 0 heterocycles. The largest absolute Gasteiger partial charge is 0.508 e. The first-order chi connectivity index (χ1) is 5.24. The maximum atomic E-state index is 9.07. The van der Waals surface area contributed by atoms with Gasteiger partial charge in [0.15, 0.2) is 0 Å². The van der Waals surface area contributed by atoms with Crippen LogP contribution in [0.2, 0.25) is 0 Å². The first-order valence-electron chi connectivity index (χ1n) is 3.27. The van der Waals surface area contributed by atoms with Gasteiger partial charge in [0, 0.05) is 8.90 Å². The standard InChI is InChI=1S/C8H8BrIO/c9-8-5-7(11)2-1-6(8)3-4-10/h1-2,5,11H,3-4H2. The van der Waals surface area contributed by atoms with Crippen LogP contribution in [0.25, 0.3) is 0 Å². The molecule has 0 spiro atoms. The topological polar surface area (TPSA) is 20.2 Å². The van der Waals surface area contributed by atoms with E-state index < -0.39 is 0 Å². The predicted octanol–water partition coefficient (Wildman–Crippen LogP) is 3.13. The highest BCUT2D eigenvalue weighted by Gasteiger charge is 1.98. The molecule has 0 aromatic heterocycles. The maximum absolute atomic E-state index is 9.07. The predicted molar refractivity (Wildman–Crippen MR) is 58.4 cm³/mol. The third-order valence-corrected chi connectivity index (χ3v) is 2.68. The van der Waals surface area contributed by atoms with E-state index in [0.29, 0.717) is 5.75 Å². The molecule has 0 unspecified atom stereocenters. The Labute approximate surface area is 88.1 Å². The Morgan fingerprint density at radius 2 is 2.18 bits per heavy atom. The molecule has 1 nitrogen and oxygen atoms in total. The zero-order chi connectivity index (χ0) is 8.27.